The van der Waals surface area contributed by atoms with Crippen LogP contribution in [0.25, 0.3) is 12.2 Å². The first-order valence-electron chi connectivity index (χ1n) is 33.7. The molecule has 4 atom stereocenters. The van der Waals surface area contributed by atoms with Gasteiger partial charge in [0.1, 0.15) is 86.6 Å². The summed E-state index contributed by atoms with van der Waals surface area (Å²) in [5.41, 5.74) is 3.14. The molecular formula is C78H72F6N10O14S2. The summed E-state index contributed by atoms with van der Waals surface area (Å²) in [6.07, 6.45) is 17.2. The first-order valence-corrected chi connectivity index (χ1v) is 35.6. The van der Waals surface area contributed by atoms with E-state index in [2.05, 4.69) is 32.1 Å². The Hall–Kier alpha value is -11.5. The SMILES string of the molecule is C=CCOC(=O)NCC(=O)OCc1ccccc1C(=O)O[C@@](Cn1cncn1)(c1ccc(F)cc1F)[C@@H](C)SC1COC(/C=C/C=C/c2ccc(C#N)cc2F)OC1.C[C@@H](SC1COC(/C=C/C=C/c2ccc(C#N)cc2F)OC1)[C@@](Cn1cncn1)(OC(=O)c1ccccc1COC(=O)CN)c1ccc(F)cc1F. The van der Waals surface area contributed by atoms with Gasteiger partial charge < -0.3 is 53.7 Å². The highest BCUT2D eigenvalue weighted by Gasteiger charge is 2.49. The number of thioether (sulfide) groups is 2. The second kappa shape index (κ2) is 40.6. The maximum atomic E-state index is 15.9. The Morgan fingerprint density at radius 1 is 0.600 bits per heavy atom. The lowest BCUT2D eigenvalue weighted by Gasteiger charge is -2.40. The maximum Gasteiger partial charge on any atom is 0.407 e. The van der Waals surface area contributed by atoms with E-state index in [9.17, 15) is 41.5 Å². The zero-order chi connectivity index (χ0) is 78.6. The van der Waals surface area contributed by atoms with Crippen molar-refractivity contribution in [1.82, 2.24) is 34.8 Å². The van der Waals surface area contributed by atoms with Gasteiger partial charge in [0.05, 0.1) is 91.0 Å². The monoisotopic (exact) mass is 1550 g/mol. The number of halogens is 6. The van der Waals surface area contributed by atoms with Gasteiger partial charge in [0.25, 0.3) is 0 Å². The highest BCUT2D eigenvalue weighted by atomic mass is 32.2. The minimum absolute atomic E-state index is 0.00808. The van der Waals surface area contributed by atoms with E-state index in [4.69, 9.17) is 58.9 Å². The first-order chi connectivity index (χ1) is 53.1. The number of ether oxygens (including phenoxy) is 9. The van der Waals surface area contributed by atoms with E-state index in [0.717, 1.165) is 24.3 Å². The summed E-state index contributed by atoms with van der Waals surface area (Å²) in [6.45, 7) is 5.64. The standard InChI is InChI=1S/C41H38F3N5O8S.C37H34F3N5O6S/c1-3-16-53-40(52)47-20-37(50)54-21-30-9-4-6-10-33(30)39(51)57-41(24-49-26-46-25-48-49,34-15-14-31(42)18-36(34)44)27(2)58-32-22-55-38(56-23-32)11-7-5-8-29-13-12-28(19-45)17-35(29)43;1-24(52-29-19-49-35(50-20-29)9-5-3-6-26-11-10-25(16-41)14-32(26)39)37(21-45-23-43-22-44-45,31-13-12-28(38)15-33(31)40)51-36(47)30-8-4-2-7-27(30)18-48-34(46)17-42/h3-15,17-18,25-27,32,38H,1,16,20-24H2,2H3,(H,47,52);2-15,22-24,29,35H,17-21,42H2,1H3/b8-5+,11-7+;6-3+,9-5+/t27-,32?,38?,41-;24-,29?,35?,37-/m11/s1. The molecule has 0 saturated carbocycles. The highest BCUT2D eigenvalue weighted by molar-refractivity contribution is 8.00. The highest BCUT2D eigenvalue weighted by Crippen LogP contribution is 2.45. The molecular weight excluding hydrogens is 1480 g/mol. The van der Waals surface area contributed by atoms with Gasteiger partial charge in [0.2, 0.25) is 0 Å². The van der Waals surface area contributed by atoms with E-state index in [-0.39, 0.29) is 115 Å². The molecule has 0 aliphatic carbocycles. The number of benzene rings is 6. The first kappa shape index (κ1) is 82.6. The molecule has 110 heavy (non-hydrogen) atoms. The van der Waals surface area contributed by atoms with Gasteiger partial charge in [-0.2, -0.15) is 20.7 Å². The number of nitriles is 2. The van der Waals surface area contributed by atoms with E-state index in [1.54, 1.807) is 86.7 Å². The average Bonchev–Trinajstić information content (AvgIpc) is 0.997. The summed E-state index contributed by atoms with van der Waals surface area (Å²) in [6, 6.07) is 30.6. The van der Waals surface area contributed by atoms with Crippen LogP contribution in [0.15, 0.2) is 196 Å². The second-order valence-electron chi connectivity index (χ2n) is 24.1. The summed E-state index contributed by atoms with van der Waals surface area (Å²) >= 11 is 2.60. The van der Waals surface area contributed by atoms with Crippen molar-refractivity contribution in [3.8, 4) is 12.1 Å². The topological polar surface area (TPSA) is 315 Å². The molecule has 2 saturated heterocycles. The summed E-state index contributed by atoms with van der Waals surface area (Å²) in [5.74, 6) is -7.90. The second-order valence-corrected chi connectivity index (χ2v) is 27.4. The number of nitrogens with two attached hydrogens (primary N) is 1. The number of carbonyl (C=O) groups excluding carboxylic acids is 5. The Balaban J connectivity index is 0.000000255. The Morgan fingerprint density at radius 2 is 1.04 bits per heavy atom. The van der Waals surface area contributed by atoms with Crippen molar-refractivity contribution in [3.05, 3.63) is 286 Å². The predicted molar refractivity (Wildman–Crippen MR) is 390 cm³/mol. The summed E-state index contributed by atoms with van der Waals surface area (Å²) in [5, 5.41) is 26.3. The van der Waals surface area contributed by atoms with Crippen LogP contribution in [0.2, 0.25) is 0 Å². The number of carbonyl (C=O) groups is 5. The molecule has 6 aromatic carbocycles. The number of aromatic nitrogens is 6. The smallest absolute Gasteiger partial charge is 0.407 e. The molecule has 0 radical (unpaired) electrons. The number of esters is 4. The van der Waals surface area contributed by atoms with Crippen LogP contribution in [0.3, 0.4) is 0 Å². The average molecular weight is 1550 g/mol. The number of nitrogens with one attached hydrogen (secondary N) is 1. The number of amides is 1. The van der Waals surface area contributed by atoms with Crippen LogP contribution < -0.4 is 11.1 Å². The quantitative estimate of drug-likeness (QED) is 0.0134. The number of rotatable bonds is 31. The van der Waals surface area contributed by atoms with Crippen molar-refractivity contribution >= 4 is 65.6 Å². The molecule has 10 rings (SSSR count). The maximum absolute atomic E-state index is 15.9. The Bertz CT molecular complexity index is 4720. The van der Waals surface area contributed by atoms with Crippen molar-refractivity contribution in [2.24, 2.45) is 5.73 Å². The van der Waals surface area contributed by atoms with Crippen molar-refractivity contribution < 1.29 is 92.9 Å². The van der Waals surface area contributed by atoms with Gasteiger partial charge in [-0.15, -0.1) is 23.5 Å². The van der Waals surface area contributed by atoms with E-state index >= 15 is 8.78 Å². The molecule has 4 heterocycles. The zero-order valence-electron chi connectivity index (χ0n) is 59.0. The Morgan fingerprint density at radius 3 is 1.43 bits per heavy atom. The molecule has 8 aromatic rings. The fraction of sp³-hybridized carbons (Fsp3) is 0.269. The largest absolute Gasteiger partial charge is 0.460 e. The molecule has 2 aliphatic rings. The zero-order valence-corrected chi connectivity index (χ0v) is 60.6. The number of allylic oxidation sites excluding steroid dienone is 4. The van der Waals surface area contributed by atoms with Crippen LogP contribution in [0.4, 0.5) is 31.1 Å². The molecule has 0 bridgehead atoms. The molecule has 3 N–H and O–H groups in total. The lowest BCUT2D eigenvalue weighted by Crippen LogP contribution is -2.47. The number of alkyl carbamates (subject to hydrolysis) is 1. The van der Waals surface area contributed by atoms with Crippen LogP contribution in [-0.4, -0.2) is 139 Å². The van der Waals surface area contributed by atoms with Crippen LogP contribution in [0.1, 0.15) is 79.1 Å². The third kappa shape index (κ3) is 23.0. The van der Waals surface area contributed by atoms with Gasteiger partial charge in [-0.25, -0.2) is 60.1 Å². The van der Waals surface area contributed by atoms with Gasteiger partial charge in [0.15, 0.2) is 23.8 Å². The normalized spacial score (nSPS) is 17.3. The molecule has 24 nitrogen and oxygen atoms in total. The van der Waals surface area contributed by atoms with E-state index in [0.29, 0.717) is 28.8 Å². The molecule has 2 aromatic heterocycles. The van der Waals surface area contributed by atoms with Gasteiger partial charge in [-0.05, 0) is 86.7 Å². The van der Waals surface area contributed by atoms with Crippen LogP contribution in [0.5, 0.6) is 0 Å². The lowest BCUT2D eigenvalue weighted by molar-refractivity contribution is -0.146. The van der Waals surface area contributed by atoms with Crippen LogP contribution in [-0.2, 0) is 89.7 Å². The Labute approximate surface area is 636 Å². The molecule has 2 aliphatic heterocycles. The van der Waals surface area contributed by atoms with Crippen molar-refractivity contribution in [1.29, 1.82) is 10.5 Å². The minimum atomic E-state index is -1.85. The fourth-order valence-electron chi connectivity index (χ4n) is 11.1. The van der Waals surface area contributed by atoms with Gasteiger partial charge in [-0.1, -0.05) is 97.6 Å². The van der Waals surface area contributed by atoms with E-state index in [1.807, 2.05) is 12.1 Å². The van der Waals surface area contributed by atoms with Crippen LogP contribution in [0, 0.1) is 57.6 Å². The van der Waals surface area contributed by atoms with Gasteiger partial charge >= 0.3 is 30.0 Å². The third-order valence-corrected chi connectivity index (χ3v) is 19.5. The molecule has 572 valence electrons. The number of nitrogens with zero attached hydrogens (tertiary/aromatic N) is 8. The van der Waals surface area contributed by atoms with Crippen molar-refractivity contribution in [3.63, 3.8) is 0 Å². The molecule has 0 unspecified atom stereocenters. The molecule has 1 amide bonds. The number of hydrogen-bond acceptors (Lipinski definition) is 23. The van der Waals surface area contributed by atoms with Gasteiger partial charge in [-0.3, -0.25) is 9.59 Å². The van der Waals surface area contributed by atoms with Gasteiger partial charge in [0, 0.05) is 56.0 Å². The van der Waals surface area contributed by atoms with Crippen molar-refractivity contribution in [2.45, 2.75) is 84.9 Å². The van der Waals surface area contributed by atoms with E-state index < -0.39 is 106 Å². The minimum Gasteiger partial charge on any atom is -0.460 e. The lowest BCUT2D eigenvalue weighted by atomic mass is 9.89. The number of hydrogen-bond donors (Lipinski definition) is 2. The molecule has 2 fully saturated rings. The van der Waals surface area contributed by atoms with Crippen molar-refractivity contribution in [2.75, 3.05) is 46.1 Å². The predicted octanol–water partition coefficient (Wildman–Crippen LogP) is 11.9. The molecule has 0 spiro atoms. The van der Waals surface area contributed by atoms with E-state index in [1.165, 1.54) is 125 Å². The fourth-order valence-corrected chi connectivity index (χ4v) is 13.9. The van der Waals surface area contributed by atoms with Crippen LogP contribution >= 0.6 is 23.5 Å². The Kier molecular flexibility index (Phi) is 30.5. The third-order valence-electron chi connectivity index (χ3n) is 16.6. The summed E-state index contributed by atoms with van der Waals surface area (Å²) in [7, 11) is 0. The molecule has 32 heteroatoms. The summed E-state index contributed by atoms with van der Waals surface area (Å²) < 4.78 is 143. The summed E-state index contributed by atoms with van der Waals surface area (Å²) in [4.78, 5) is 72.1.